The van der Waals surface area contributed by atoms with E-state index in [0.29, 0.717) is 0 Å². The molecule has 4 unspecified atom stereocenters. The summed E-state index contributed by atoms with van der Waals surface area (Å²) in [6.45, 7) is 2.14. The van der Waals surface area contributed by atoms with E-state index in [1.807, 2.05) is 0 Å². The predicted octanol–water partition coefficient (Wildman–Crippen LogP) is 6.82. The van der Waals surface area contributed by atoms with E-state index in [-0.39, 0.29) is 23.2 Å². The van der Waals surface area contributed by atoms with E-state index in [9.17, 15) is 9.18 Å². The van der Waals surface area contributed by atoms with Crippen molar-refractivity contribution in [2.45, 2.75) is 71.1 Å². The lowest BCUT2D eigenvalue weighted by atomic mass is 9.61. The van der Waals surface area contributed by atoms with Crippen LogP contribution in [-0.2, 0) is 4.79 Å². The van der Waals surface area contributed by atoms with Gasteiger partial charge in [0.1, 0.15) is 17.6 Å². The van der Waals surface area contributed by atoms with E-state index in [0.717, 1.165) is 61.3 Å². The normalized spacial score (nSPS) is 33.5. The van der Waals surface area contributed by atoms with Crippen LogP contribution in [-0.4, -0.2) is 5.97 Å². The molecule has 0 aromatic heterocycles. The molecule has 3 fully saturated rings. The van der Waals surface area contributed by atoms with Crippen LogP contribution in [0.4, 0.5) is 4.39 Å². The maximum Gasteiger partial charge on any atom is 0.314 e. The minimum absolute atomic E-state index is 0.0367. The van der Waals surface area contributed by atoms with Crippen LogP contribution in [0.3, 0.4) is 0 Å². The van der Waals surface area contributed by atoms with Gasteiger partial charge in [0.15, 0.2) is 0 Å². The van der Waals surface area contributed by atoms with Gasteiger partial charge in [-0.25, -0.2) is 4.39 Å². The highest BCUT2D eigenvalue weighted by atomic mass is 19.1. The largest absolute Gasteiger partial charge is 0.426 e. The molecule has 0 heterocycles. The molecule has 0 saturated heterocycles. The van der Waals surface area contributed by atoms with Crippen molar-refractivity contribution in [1.82, 2.24) is 0 Å². The van der Waals surface area contributed by atoms with Crippen molar-refractivity contribution >= 4 is 5.97 Å². The van der Waals surface area contributed by atoms with Crippen LogP contribution in [0.25, 0.3) is 0 Å². The molecule has 0 spiro atoms. The van der Waals surface area contributed by atoms with Crippen molar-refractivity contribution in [3.05, 3.63) is 41.7 Å². The Bertz CT molecular complexity index is 849. The van der Waals surface area contributed by atoms with Gasteiger partial charge in [-0.2, -0.15) is 5.26 Å². The fourth-order valence-electron chi connectivity index (χ4n) is 6.51. The number of halogens is 1. The van der Waals surface area contributed by atoms with E-state index in [1.165, 1.54) is 50.7 Å². The van der Waals surface area contributed by atoms with Gasteiger partial charge in [0.2, 0.25) is 0 Å². The van der Waals surface area contributed by atoms with Crippen molar-refractivity contribution < 1.29 is 13.9 Å². The molecule has 0 radical (unpaired) electrons. The molecule has 3 aliphatic carbocycles. The fourth-order valence-corrected chi connectivity index (χ4v) is 6.51. The van der Waals surface area contributed by atoms with Crippen molar-refractivity contribution in [3.63, 3.8) is 0 Å². The summed E-state index contributed by atoms with van der Waals surface area (Å²) in [6, 6.07) is 5.77. The average molecular weight is 424 g/mol. The molecule has 4 rings (SSSR count). The third kappa shape index (κ3) is 5.20. The van der Waals surface area contributed by atoms with Gasteiger partial charge in [-0.1, -0.05) is 12.2 Å². The van der Waals surface area contributed by atoms with Gasteiger partial charge in [-0.05, 0) is 113 Å². The second-order valence-corrected chi connectivity index (χ2v) is 9.98. The van der Waals surface area contributed by atoms with Crippen LogP contribution >= 0.6 is 0 Å². The van der Waals surface area contributed by atoms with Gasteiger partial charge in [0.05, 0.1) is 11.5 Å². The number of hydrogen-bond donors (Lipinski definition) is 0. The minimum Gasteiger partial charge on any atom is -0.426 e. The molecule has 0 aliphatic heterocycles. The molecule has 1 aromatic rings. The smallest absolute Gasteiger partial charge is 0.314 e. The average Bonchev–Trinajstić information content (AvgIpc) is 2.79. The molecule has 166 valence electrons. The lowest BCUT2D eigenvalue weighted by Crippen LogP contribution is -2.35. The van der Waals surface area contributed by atoms with Crippen LogP contribution in [0.2, 0.25) is 0 Å². The van der Waals surface area contributed by atoms with Gasteiger partial charge in [-0.3, -0.25) is 4.79 Å². The monoisotopic (exact) mass is 423 g/mol. The second kappa shape index (κ2) is 9.98. The van der Waals surface area contributed by atoms with Crippen molar-refractivity contribution in [2.75, 3.05) is 0 Å². The van der Waals surface area contributed by atoms with Crippen molar-refractivity contribution in [1.29, 1.82) is 5.26 Å². The predicted molar refractivity (Wildman–Crippen MR) is 119 cm³/mol. The number of hydrogen-bond acceptors (Lipinski definition) is 3. The number of ether oxygens (including phenoxy) is 1. The number of benzene rings is 1. The summed E-state index contributed by atoms with van der Waals surface area (Å²) in [7, 11) is 0. The van der Waals surface area contributed by atoms with Crippen LogP contribution in [0.5, 0.6) is 5.75 Å². The molecular formula is C27H34FNO2. The molecule has 4 atom stereocenters. The number of nitrogens with zero attached hydrogens (tertiary/aromatic N) is 1. The van der Waals surface area contributed by atoms with E-state index in [2.05, 4.69) is 19.1 Å². The highest BCUT2D eigenvalue weighted by Gasteiger charge is 2.39. The van der Waals surface area contributed by atoms with E-state index < -0.39 is 5.82 Å². The first kappa shape index (κ1) is 22.1. The summed E-state index contributed by atoms with van der Waals surface area (Å²) in [4.78, 5) is 12.6. The molecule has 0 amide bonds. The van der Waals surface area contributed by atoms with E-state index in [4.69, 9.17) is 10.00 Å². The number of nitriles is 1. The summed E-state index contributed by atoms with van der Waals surface area (Å²) in [5.74, 6) is 3.39. The molecule has 4 heteroatoms. The lowest BCUT2D eigenvalue weighted by molar-refractivity contribution is -0.140. The van der Waals surface area contributed by atoms with E-state index in [1.54, 1.807) is 6.07 Å². The number of carbonyl (C=O) groups is 1. The SMILES string of the molecule is C/C=C/C1CCC2CC(C3CCC(C(=O)Oc4ccc(C#N)c(F)c4)CC3)CCC2C1. The zero-order valence-electron chi connectivity index (χ0n) is 18.6. The highest BCUT2D eigenvalue weighted by Crippen LogP contribution is 2.49. The Morgan fingerprint density at radius 1 is 1.00 bits per heavy atom. The summed E-state index contributed by atoms with van der Waals surface area (Å²) in [5, 5.41) is 8.82. The first-order chi connectivity index (χ1) is 15.1. The quantitative estimate of drug-likeness (QED) is 0.303. The zero-order chi connectivity index (χ0) is 21.8. The number of allylic oxidation sites excluding steroid dienone is 2. The topological polar surface area (TPSA) is 50.1 Å². The van der Waals surface area contributed by atoms with Crippen LogP contribution in [0.15, 0.2) is 30.4 Å². The number of carbonyl (C=O) groups excluding carboxylic acids is 1. The highest BCUT2D eigenvalue weighted by molar-refractivity contribution is 5.75. The Morgan fingerprint density at radius 2 is 1.65 bits per heavy atom. The lowest BCUT2D eigenvalue weighted by Gasteiger charge is -2.45. The Balaban J connectivity index is 1.25. The molecule has 0 N–H and O–H groups in total. The second-order valence-electron chi connectivity index (χ2n) is 9.98. The maximum atomic E-state index is 13.8. The Kier molecular flexibility index (Phi) is 7.10. The first-order valence-electron chi connectivity index (χ1n) is 12.1. The van der Waals surface area contributed by atoms with Gasteiger partial charge in [-0.15, -0.1) is 0 Å². The maximum absolute atomic E-state index is 13.8. The number of rotatable bonds is 4. The molecule has 1 aromatic carbocycles. The summed E-state index contributed by atoms with van der Waals surface area (Å²) < 4.78 is 19.2. The molecule has 3 nitrogen and oxygen atoms in total. The summed E-state index contributed by atoms with van der Waals surface area (Å²) in [5.41, 5.74) is -0.0367. The standard InChI is InChI=1S/C27H34FNO2/c1-2-3-18-4-5-23-15-22(11-10-21(23)14-18)19-6-8-20(9-7-19)27(30)31-25-13-12-24(17-29)26(28)16-25/h2-3,12-13,16,18-23H,4-11,14-15H2,1H3/b3-2+. The first-order valence-corrected chi connectivity index (χ1v) is 12.1. The van der Waals surface area contributed by atoms with Crippen molar-refractivity contribution in [2.24, 2.45) is 35.5 Å². The van der Waals surface area contributed by atoms with Gasteiger partial charge < -0.3 is 4.74 Å². The van der Waals surface area contributed by atoms with Gasteiger partial charge >= 0.3 is 5.97 Å². The summed E-state index contributed by atoms with van der Waals surface area (Å²) in [6.07, 6.45) is 16.8. The third-order valence-electron chi connectivity index (χ3n) is 8.21. The number of esters is 1. The molecular weight excluding hydrogens is 389 g/mol. The molecule has 3 aliphatic rings. The number of fused-ring (bicyclic) bond motifs is 1. The Morgan fingerprint density at radius 3 is 2.32 bits per heavy atom. The Labute approximate surface area is 185 Å². The molecule has 31 heavy (non-hydrogen) atoms. The minimum atomic E-state index is -0.646. The molecule has 3 saturated carbocycles. The fraction of sp³-hybridized carbons (Fsp3) is 0.630. The third-order valence-corrected chi connectivity index (χ3v) is 8.21. The molecule has 0 bridgehead atoms. The zero-order valence-corrected chi connectivity index (χ0v) is 18.6. The van der Waals surface area contributed by atoms with Crippen LogP contribution in [0.1, 0.15) is 76.7 Å². The Hall–Kier alpha value is -2.15. The van der Waals surface area contributed by atoms with Gasteiger partial charge in [0.25, 0.3) is 0 Å². The van der Waals surface area contributed by atoms with E-state index >= 15 is 0 Å². The van der Waals surface area contributed by atoms with Gasteiger partial charge in [0, 0.05) is 6.07 Å². The summed E-state index contributed by atoms with van der Waals surface area (Å²) >= 11 is 0. The van der Waals surface area contributed by atoms with Crippen LogP contribution in [0, 0.1) is 52.7 Å². The van der Waals surface area contributed by atoms with Crippen LogP contribution < -0.4 is 4.74 Å². The van der Waals surface area contributed by atoms with Crippen molar-refractivity contribution in [3.8, 4) is 11.8 Å².